The first-order valence-electron chi connectivity index (χ1n) is 6.05. The van der Waals surface area contributed by atoms with Gasteiger partial charge in [-0.3, -0.25) is 4.79 Å². The van der Waals surface area contributed by atoms with Gasteiger partial charge in [-0.25, -0.2) is 0 Å². The summed E-state index contributed by atoms with van der Waals surface area (Å²) >= 11 is 0. The largest absolute Gasteiger partial charge is 0.481 e. The Balaban J connectivity index is 2.28. The van der Waals surface area contributed by atoms with Crippen molar-refractivity contribution in [2.24, 2.45) is 5.41 Å². The standard InChI is InChI=1S/C12H24N2O2/c1-10(8-11(15)16)13-9-12(2)4-6-14(3)7-5-12/h10,13H,4-9H2,1-3H3,(H,15,16). The van der Waals surface area contributed by atoms with Crippen LogP contribution in [0.15, 0.2) is 0 Å². The molecule has 4 nitrogen and oxygen atoms in total. The SMILES string of the molecule is CC(CC(=O)O)NCC1(C)CCN(C)CC1. The molecule has 94 valence electrons. The lowest BCUT2D eigenvalue weighted by molar-refractivity contribution is -0.137. The molecular weight excluding hydrogens is 204 g/mol. The van der Waals surface area contributed by atoms with E-state index in [-0.39, 0.29) is 12.5 Å². The van der Waals surface area contributed by atoms with Gasteiger partial charge >= 0.3 is 5.97 Å². The number of nitrogens with one attached hydrogen (secondary N) is 1. The lowest BCUT2D eigenvalue weighted by Crippen LogP contribution is -2.44. The van der Waals surface area contributed by atoms with Gasteiger partial charge in [-0.2, -0.15) is 0 Å². The third-order valence-corrected chi connectivity index (χ3v) is 3.55. The van der Waals surface area contributed by atoms with E-state index in [2.05, 4.69) is 24.2 Å². The average molecular weight is 228 g/mol. The van der Waals surface area contributed by atoms with Gasteiger partial charge in [0.2, 0.25) is 0 Å². The molecule has 1 unspecified atom stereocenters. The van der Waals surface area contributed by atoms with Crippen molar-refractivity contribution in [3.63, 3.8) is 0 Å². The van der Waals surface area contributed by atoms with E-state index >= 15 is 0 Å². The molecule has 0 radical (unpaired) electrons. The summed E-state index contributed by atoms with van der Waals surface area (Å²) in [5.74, 6) is -0.728. The number of carboxylic acid groups (broad SMARTS) is 1. The summed E-state index contributed by atoms with van der Waals surface area (Å²) < 4.78 is 0. The van der Waals surface area contributed by atoms with Gasteiger partial charge in [-0.1, -0.05) is 6.92 Å². The number of hydrogen-bond acceptors (Lipinski definition) is 3. The zero-order valence-corrected chi connectivity index (χ0v) is 10.6. The maximum absolute atomic E-state index is 10.5. The van der Waals surface area contributed by atoms with Gasteiger partial charge in [-0.05, 0) is 45.3 Å². The minimum atomic E-state index is -0.728. The Labute approximate surface area is 98.0 Å². The number of piperidine rings is 1. The van der Waals surface area contributed by atoms with Crippen molar-refractivity contribution in [2.45, 2.75) is 39.2 Å². The molecule has 1 rings (SSSR count). The molecule has 1 aliphatic heterocycles. The molecule has 2 N–H and O–H groups in total. The van der Waals surface area contributed by atoms with Crippen LogP contribution in [0.4, 0.5) is 0 Å². The summed E-state index contributed by atoms with van der Waals surface area (Å²) in [4.78, 5) is 12.9. The molecule has 0 aromatic heterocycles. The maximum atomic E-state index is 10.5. The van der Waals surface area contributed by atoms with Crippen molar-refractivity contribution in [1.82, 2.24) is 10.2 Å². The van der Waals surface area contributed by atoms with Crippen molar-refractivity contribution in [1.29, 1.82) is 0 Å². The minimum Gasteiger partial charge on any atom is -0.481 e. The summed E-state index contributed by atoms with van der Waals surface area (Å²) in [5, 5.41) is 12.0. The zero-order valence-electron chi connectivity index (χ0n) is 10.6. The van der Waals surface area contributed by atoms with Gasteiger partial charge in [0.15, 0.2) is 0 Å². The Bertz CT molecular complexity index is 235. The van der Waals surface area contributed by atoms with Crippen molar-refractivity contribution < 1.29 is 9.90 Å². The summed E-state index contributed by atoms with van der Waals surface area (Å²) in [5.41, 5.74) is 0.333. The van der Waals surface area contributed by atoms with Crippen LogP contribution in [0.2, 0.25) is 0 Å². The van der Waals surface area contributed by atoms with E-state index in [1.54, 1.807) is 0 Å². The average Bonchev–Trinajstić information content (AvgIpc) is 2.20. The first-order valence-corrected chi connectivity index (χ1v) is 6.05. The van der Waals surface area contributed by atoms with Crippen LogP contribution >= 0.6 is 0 Å². The van der Waals surface area contributed by atoms with Crippen LogP contribution < -0.4 is 5.32 Å². The maximum Gasteiger partial charge on any atom is 0.304 e. The summed E-state index contributed by atoms with van der Waals surface area (Å²) in [6, 6.07) is 0.0639. The Morgan fingerprint density at radius 1 is 1.50 bits per heavy atom. The number of carbonyl (C=O) groups is 1. The molecule has 1 saturated heterocycles. The van der Waals surface area contributed by atoms with E-state index in [1.165, 1.54) is 12.8 Å². The van der Waals surface area contributed by atoms with Crippen molar-refractivity contribution in [2.75, 3.05) is 26.7 Å². The molecule has 4 heteroatoms. The molecule has 0 bridgehead atoms. The molecule has 0 amide bonds. The van der Waals surface area contributed by atoms with E-state index in [1.807, 2.05) is 6.92 Å². The van der Waals surface area contributed by atoms with Crippen molar-refractivity contribution in [3.8, 4) is 0 Å². The Morgan fingerprint density at radius 2 is 2.06 bits per heavy atom. The predicted molar refractivity (Wildman–Crippen MR) is 64.6 cm³/mol. The van der Waals surface area contributed by atoms with Crippen LogP contribution in [0, 0.1) is 5.41 Å². The predicted octanol–water partition coefficient (Wildman–Crippen LogP) is 1.17. The lowest BCUT2D eigenvalue weighted by Gasteiger charge is -2.38. The van der Waals surface area contributed by atoms with Gasteiger partial charge in [0.05, 0.1) is 6.42 Å². The van der Waals surface area contributed by atoms with Crippen LogP contribution in [-0.4, -0.2) is 48.7 Å². The molecule has 1 fully saturated rings. The van der Waals surface area contributed by atoms with Crippen LogP contribution in [0.25, 0.3) is 0 Å². The topological polar surface area (TPSA) is 52.6 Å². The molecule has 0 saturated carbocycles. The van der Waals surface area contributed by atoms with Crippen LogP contribution in [-0.2, 0) is 4.79 Å². The van der Waals surface area contributed by atoms with Crippen molar-refractivity contribution in [3.05, 3.63) is 0 Å². The second-order valence-corrected chi connectivity index (χ2v) is 5.49. The highest BCUT2D eigenvalue weighted by Gasteiger charge is 2.28. The molecule has 16 heavy (non-hydrogen) atoms. The second kappa shape index (κ2) is 5.64. The van der Waals surface area contributed by atoms with Crippen molar-refractivity contribution >= 4 is 5.97 Å². The van der Waals surface area contributed by atoms with E-state index in [0.29, 0.717) is 5.41 Å². The highest BCUT2D eigenvalue weighted by atomic mass is 16.4. The number of nitrogens with zero attached hydrogens (tertiary/aromatic N) is 1. The molecule has 1 heterocycles. The van der Waals surface area contributed by atoms with E-state index in [9.17, 15) is 4.79 Å². The van der Waals surface area contributed by atoms with Gasteiger partial charge in [0.1, 0.15) is 0 Å². The quantitative estimate of drug-likeness (QED) is 0.741. The molecule has 0 aromatic rings. The van der Waals surface area contributed by atoms with Crippen LogP contribution in [0.3, 0.4) is 0 Å². The highest BCUT2D eigenvalue weighted by Crippen LogP contribution is 2.29. The summed E-state index contributed by atoms with van der Waals surface area (Å²) in [6.45, 7) is 7.44. The zero-order chi connectivity index (χ0) is 12.2. The molecule has 0 aliphatic carbocycles. The van der Waals surface area contributed by atoms with E-state index < -0.39 is 5.97 Å². The van der Waals surface area contributed by atoms with Crippen LogP contribution in [0.5, 0.6) is 0 Å². The fourth-order valence-electron chi connectivity index (χ4n) is 2.09. The monoisotopic (exact) mass is 228 g/mol. The number of aliphatic carboxylic acids is 1. The lowest BCUT2D eigenvalue weighted by atomic mass is 9.80. The van der Waals surface area contributed by atoms with Gasteiger partial charge < -0.3 is 15.3 Å². The number of carboxylic acids is 1. The summed E-state index contributed by atoms with van der Waals surface area (Å²) in [6.07, 6.45) is 2.59. The number of hydrogen-bond donors (Lipinski definition) is 2. The Morgan fingerprint density at radius 3 is 2.56 bits per heavy atom. The fraction of sp³-hybridized carbons (Fsp3) is 0.917. The van der Waals surface area contributed by atoms with Gasteiger partial charge in [-0.15, -0.1) is 0 Å². The van der Waals surface area contributed by atoms with Crippen LogP contribution in [0.1, 0.15) is 33.1 Å². The number of rotatable bonds is 5. The normalized spacial score (nSPS) is 22.9. The third kappa shape index (κ3) is 4.49. The first-order chi connectivity index (χ1) is 7.41. The Kier molecular flexibility index (Phi) is 4.74. The minimum absolute atomic E-state index is 0.0639. The number of likely N-dealkylation sites (tertiary alicyclic amines) is 1. The summed E-state index contributed by atoms with van der Waals surface area (Å²) in [7, 11) is 2.15. The third-order valence-electron chi connectivity index (χ3n) is 3.55. The second-order valence-electron chi connectivity index (χ2n) is 5.49. The Hall–Kier alpha value is -0.610. The molecule has 1 atom stereocenters. The molecule has 1 aliphatic rings. The van der Waals surface area contributed by atoms with Gasteiger partial charge in [0.25, 0.3) is 0 Å². The smallest absolute Gasteiger partial charge is 0.304 e. The first kappa shape index (κ1) is 13.5. The van der Waals surface area contributed by atoms with Gasteiger partial charge in [0, 0.05) is 12.6 Å². The molecule has 0 spiro atoms. The molecular formula is C12H24N2O2. The highest BCUT2D eigenvalue weighted by molar-refractivity contribution is 5.67. The fourth-order valence-corrected chi connectivity index (χ4v) is 2.09. The van der Waals surface area contributed by atoms with E-state index in [0.717, 1.165) is 19.6 Å². The molecule has 0 aromatic carbocycles. The van der Waals surface area contributed by atoms with E-state index in [4.69, 9.17) is 5.11 Å².